The lowest BCUT2D eigenvalue weighted by molar-refractivity contribution is -0.138. The Morgan fingerprint density at radius 3 is 2.50 bits per heavy atom. The lowest BCUT2D eigenvalue weighted by Gasteiger charge is -2.13. The van der Waals surface area contributed by atoms with E-state index in [9.17, 15) is 18.3 Å². The number of nitrogens with one attached hydrogen (secondary N) is 1. The molecule has 0 radical (unpaired) electrons. The summed E-state index contributed by atoms with van der Waals surface area (Å²) in [4.78, 5) is 0. The van der Waals surface area contributed by atoms with Crippen molar-refractivity contribution in [1.82, 2.24) is 5.32 Å². The van der Waals surface area contributed by atoms with E-state index in [0.717, 1.165) is 16.1 Å². The van der Waals surface area contributed by atoms with Gasteiger partial charge in [0.25, 0.3) is 0 Å². The van der Waals surface area contributed by atoms with Gasteiger partial charge in [0.2, 0.25) is 0 Å². The Morgan fingerprint density at radius 1 is 1.05 bits per heavy atom. The second-order valence-corrected chi connectivity index (χ2v) is 5.71. The van der Waals surface area contributed by atoms with Gasteiger partial charge in [-0.15, -0.1) is 0 Å². The van der Waals surface area contributed by atoms with E-state index in [-0.39, 0.29) is 17.7 Å². The minimum atomic E-state index is -4.33. The summed E-state index contributed by atoms with van der Waals surface area (Å²) in [6.45, 7) is 0.873. The van der Waals surface area contributed by atoms with Crippen LogP contribution in [0.2, 0.25) is 0 Å². The lowest BCUT2D eigenvalue weighted by atomic mass is 10.0. The third kappa shape index (κ3) is 4.48. The maximum absolute atomic E-state index is 12.9. The molecule has 0 amide bonds. The zero-order chi connectivity index (χ0) is 16.2. The monoisotopic (exact) mass is 373 g/mol. The Kier molecular flexibility index (Phi) is 5.47. The highest BCUT2D eigenvalue weighted by Gasteiger charge is 2.32. The third-order valence-corrected chi connectivity index (χ3v) is 4.01. The van der Waals surface area contributed by atoms with E-state index in [4.69, 9.17) is 0 Å². The van der Waals surface area contributed by atoms with Crippen LogP contribution in [0.1, 0.15) is 16.7 Å². The Labute approximate surface area is 135 Å². The average molecular weight is 374 g/mol. The van der Waals surface area contributed by atoms with Crippen LogP contribution in [0.4, 0.5) is 13.2 Å². The van der Waals surface area contributed by atoms with Gasteiger partial charge in [0, 0.05) is 11.0 Å². The first kappa shape index (κ1) is 16.8. The largest absolute Gasteiger partial charge is 0.508 e. The summed E-state index contributed by atoms with van der Waals surface area (Å²) in [6, 6.07) is 10.5. The Morgan fingerprint density at radius 2 is 1.77 bits per heavy atom. The molecule has 0 fully saturated rings. The number of aromatic hydroxyl groups is 1. The van der Waals surface area contributed by atoms with E-state index in [0.29, 0.717) is 13.1 Å². The van der Waals surface area contributed by atoms with Crippen LogP contribution >= 0.6 is 15.9 Å². The second-order valence-electron chi connectivity index (χ2n) is 4.86. The van der Waals surface area contributed by atoms with Gasteiger partial charge >= 0.3 is 6.18 Å². The fourth-order valence-corrected chi connectivity index (χ4v) is 2.54. The van der Waals surface area contributed by atoms with Gasteiger partial charge in [-0.05, 0) is 48.4 Å². The van der Waals surface area contributed by atoms with Crippen molar-refractivity contribution >= 4 is 15.9 Å². The molecule has 2 aromatic rings. The average Bonchev–Trinajstić information content (AvgIpc) is 2.46. The number of phenolic OH excluding ortho intramolecular Hbond substituents is 1. The van der Waals surface area contributed by atoms with E-state index in [1.807, 2.05) is 0 Å². The molecule has 0 bridgehead atoms. The van der Waals surface area contributed by atoms with Crippen molar-refractivity contribution in [1.29, 1.82) is 0 Å². The van der Waals surface area contributed by atoms with Gasteiger partial charge in [-0.3, -0.25) is 0 Å². The standard InChI is InChI=1S/C16H15BrF3NO/c17-15-6-5-13(22)9-12(15)10-21-8-7-11-3-1-2-4-14(11)16(18,19)20/h1-6,9,21-22H,7-8,10H2. The molecule has 0 saturated carbocycles. The maximum Gasteiger partial charge on any atom is 0.416 e. The quantitative estimate of drug-likeness (QED) is 0.756. The molecule has 6 heteroatoms. The van der Waals surface area contributed by atoms with Crippen molar-refractivity contribution in [2.75, 3.05) is 6.54 Å². The predicted octanol–water partition coefficient (Wildman–Crippen LogP) is 4.51. The molecule has 2 nitrogen and oxygen atoms in total. The molecule has 22 heavy (non-hydrogen) atoms. The highest BCUT2D eigenvalue weighted by Crippen LogP contribution is 2.31. The molecule has 118 valence electrons. The highest BCUT2D eigenvalue weighted by molar-refractivity contribution is 9.10. The minimum Gasteiger partial charge on any atom is -0.508 e. The zero-order valence-electron chi connectivity index (χ0n) is 11.6. The van der Waals surface area contributed by atoms with Gasteiger partial charge in [-0.1, -0.05) is 34.1 Å². The van der Waals surface area contributed by atoms with Crippen molar-refractivity contribution in [3.05, 3.63) is 63.6 Å². The smallest absolute Gasteiger partial charge is 0.416 e. The summed E-state index contributed by atoms with van der Waals surface area (Å²) in [5, 5.41) is 12.5. The lowest BCUT2D eigenvalue weighted by Crippen LogP contribution is -2.19. The molecule has 0 unspecified atom stereocenters. The van der Waals surface area contributed by atoms with Crippen LogP contribution in [0.5, 0.6) is 5.75 Å². The first-order chi connectivity index (χ1) is 10.4. The molecule has 0 aliphatic carbocycles. The van der Waals surface area contributed by atoms with Gasteiger partial charge in [0.1, 0.15) is 5.75 Å². The van der Waals surface area contributed by atoms with E-state index in [1.54, 1.807) is 24.3 Å². The van der Waals surface area contributed by atoms with Crippen LogP contribution in [-0.4, -0.2) is 11.7 Å². The SMILES string of the molecule is Oc1ccc(Br)c(CNCCc2ccccc2C(F)(F)F)c1. The van der Waals surface area contributed by atoms with Crippen LogP contribution in [-0.2, 0) is 19.1 Å². The van der Waals surface area contributed by atoms with Crippen molar-refractivity contribution in [2.24, 2.45) is 0 Å². The molecule has 0 aromatic heterocycles. The van der Waals surface area contributed by atoms with E-state index < -0.39 is 11.7 Å². The maximum atomic E-state index is 12.9. The number of alkyl halides is 3. The van der Waals surface area contributed by atoms with Crippen LogP contribution in [0.3, 0.4) is 0 Å². The fourth-order valence-electron chi connectivity index (χ4n) is 2.16. The first-order valence-electron chi connectivity index (χ1n) is 6.71. The molecule has 2 N–H and O–H groups in total. The van der Waals surface area contributed by atoms with E-state index in [1.165, 1.54) is 12.1 Å². The van der Waals surface area contributed by atoms with Gasteiger partial charge in [-0.25, -0.2) is 0 Å². The Balaban J connectivity index is 1.94. The number of rotatable bonds is 5. The summed E-state index contributed by atoms with van der Waals surface area (Å²) < 4.78 is 39.4. The molecular weight excluding hydrogens is 359 g/mol. The van der Waals surface area contributed by atoms with Crippen LogP contribution in [0.15, 0.2) is 46.9 Å². The molecule has 0 aliphatic heterocycles. The summed E-state index contributed by atoms with van der Waals surface area (Å²) in [6.07, 6.45) is -4.04. The summed E-state index contributed by atoms with van der Waals surface area (Å²) in [5.74, 6) is 0.155. The van der Waals surface area contributed by atoms with E-state index >= 15 is 0 Å². The number of benzene rings is 2. The van der Waals surface area contributed by atoms with Gasteiger partial charge in [0.05, 0.1) is 5.56 Å². The van der Waals surface area contributed by atoms with Gasteiger partial charge in [-0.2, -0.15) is 13.2 Å². The molecule has 0 heterocycles. The predicted molar refractivity (Wildman–Crippen MR) is 82.7 cm³/mol. The summed E-state index contributed by atoms with van der Waals surface area (Å²) in [5.41, 5.74) is 0.539. The van der Waals surface area contributed by atoms with Crippen molar-refractivity contribution in [3.63, 3.8) is 0 Å². The minimum absolute atomic E-state index is 0.155. The van der Waals surface area contributed by atoms with Crippen LogP contribution < -0.4 is 5.32 Å². The van der Waals surface area contributed by atoms with Crippen LogP contribution in [0, 0.1) is 0 Å². The number of hydrogen-bond donors (Lipinski definition) is 2. The molecular formula is C16H15BrF3NO. The van der Waals surface area contributed by atoms with Crippen LogP contribution in [0.25, 0.3) is 0 Å². The van der Waals surface area contributed by atoms with Crippen molar-refractivity contribution in [2.45, 2.75) is 19.1 Å². The number of halogens is 4. The first-order valence-corrected chi connectivity index (χ1v) is 7.50. The fraction of sp³-hybridized carbons (Fsp3) is 0.250. The third-order valence-electron chi connectivity index (χ3n) is 3.24. The molecule has 0 saturated heterocycles. The Hall–Kier alpha value is -1.53. The number of hydrogen-bond acceptors (Lipinski definition) is 2. The highest BCUT2D eigenvalue weighted by atomic mass is 79.9. The summed E-state index contributed by atoms with van der Waals surface area (Å²) >= 11 is 3.37. The molecule has 2 rings (SSSR count). The Bertz CT molecular complexity index is 644. The second kappa shape index (κ2) is 7.15. The summed E-state index contributed by atoms with van der Waals surface area (Å²) in [7, 11) is 0. The van der Waals surface area contributed by atoms with Gasteiger partial charge < -0.3 is 10.4 Å². The topological polar surface area (TPSA) is 32.3 Å². The number of phenols is 1. The molecule has 2 aromatic carbocycles. The molecule has 0 aliphatic rings. The van der Waals surface area contributed by atoms with Gasteiger partial charge in [0.15, 0.2) is 0 Å². The van der Waals surface area contributed by atoms with Crippen molar-refractivity contribution < 1.29 is 18.3 Å². The molecule has 0 spiro atoms. The van der Waals surface area contributed by atoms with E-state index in [2.05, 4.69) is 21.2 Å². The normalized spacial score (nSPS) is 11.6. The van der Waals surface area contributed by atoms with Crippen molar-refractivity contribution in [3.8, 4) is 5.75 Å². The zero-order valence-corrected chi connectivity index (χ0v) is 13.2. The molecule has 0 atom stereocenters.